The molecule has 0 radical (unpaired) electrons. The van der Waals surface area contributed by atoms with Gasteiger partial charge >= 0.3 is 0 Å². The summed E-state index contributed by atoms with van der Waals surface area (Å²) in [4.78, 5) is 27.3. The number of carbonyl (C=O) groups is 2. The Morgan fingerprint density at radius 1 is 1.30 bits per heavy atom. The fraction of sp³-hybridized carbons (Fsp3) is 0.333. The molecular weight excluding hydrogens is 303 g/mol. The molecule has 2 amide bonds. The summed E-state index contributed by atoms with van der Waals surface area (Å²) < 4.78 is 17.8. The molecule has 0 aliphatic rings. The minimum Gasteiger partial charge on any atom is -0.349 e. The molecule has 0 saturated heterocycles. The van der Waals surface area contributed by atoms with Gasteiger partial charge in [0.2, 0.25) is 17.7 Å². The number of aromatic nitrogens is 2. The molecule has 0 aliphatic carbocycles. The van der Waals surface area contributed by atoms with Crippen LogP contribution in [0.25, 0.3) is 0 Å². The van der Waals surface area contributed by atoms with E-state index in [9.17, 15) is 14.0 Å². The van der Waals surface area contributed by atoms with Crippen molar-refractivity contribution in [1.82, 2.24) is 20.8 Å². The Morgan fingerprint density at radius 3 is 2.57 bits per heavy atom. The van der Waals surface area contributed by atoms with Crippen LogP contribution in [0.15, 0.2) is 28.8 Å². The fourth-order valence-electron chi connectivity index (χ4n) is 2.04. The maximum atomic E-state index is 13.0. The first-order valence-electron chi connectivity index (χ1n) is 7.02. The van der Waals surface area contributed by atoms with Crippen molar-refractivity contribution in [1.29, 1.82) is 0 Å². The SMILES string of the molecule is CC(=O)N[C@H](CC(=O)NCc1noc(C)n1)c1ccc(F)cc1. The third-order valence-electron chi connectivity index (χ3n) is 3.05. The van der Waals surface area contributed by atoms with E-state index in [2.05, 4.69) is 20.8 Å². The molecule has 2 aromatic rings. The first kappa shape index (κ1) is 16.6. The highest BCUT2D eigenvalue weighted by Gasteiger charge is 2.17. The lowest BCUT2D eigenvalue weighted by Gasteiger charge is -2.18. The van der Waals surface area contributed by atoms with E-state index in [1.54, 1.807) is 6.92 Å². The zero-order valence-electron chi connectivity index (χ0n) is 12.8. The number of benzene rings is 1. The molecule has 1 aromatic heterocycles. The summed E-state index contributed by atoms with van der Waals surface area (Å²) in [5.41, 5.74) is 0.646. The van der Waals surface area contributed by atoms with Crippen molar-refractivity contribution in [2.75, 3.05) is 0 Å². The van der Waals surface area contributed by atoms with Crippen LogP contribution >= 0.6 is 0 Å². The first-order valence-corrected chi connectivity index (χ1v) is 7.02. The lowest BCUT2D eigenvalue weighted by atomic mass is 10.0. The summed E-state index contributed by atoms with van der Waals surface area (Å²) >= 11 is 0. The highest BCUT2D eigenvalue weighted by Crippen LogP contribution is 2.17. The Hall–Kier alpha value is -2.77. The van der Waals surface area contributed by atoms with Crippen LogP contribution < -0.4 is 10.6 Å². The maximum Gasteiger partial charge on any atom is 0.223 e. The van der Waals surface area contributed by atoms with Crippen LogP contribution in [0.1, 0.15) is 36.7 Å². The van der Waals surface area contributed by atoms with Gasteiger partial charge < -0.3 is 15.2 Å². The fourth-order valence-corrected chi connectivity index (χ4v) is 2.04. The minimum absolute atomic E-state index is 0.0159. The Labute approximate surface area is 132 Å². The summed E-state index contributed by atoms with van der Waals surface area (Å²) in [6, 6.07) is 5.09. The second-order valence-corrected chi connectivity index (χ2v) is 5.02. The molecule has 0 bridgehead atoms. The van der Waals surface area contributed by atoms with Crippen molar-refractivity contribution in [2.24, 2.45) is 0 Å². The molecule has 1 aromatic carbocycles. The molecule has 8 heteroatoms. The Bertz CT molecular complexity index is 684. The molecule has 2 N–H and O–H groups in total. The van der Waals surface area contributed by atoms with Crippen molar-refractivity contribution < 1.29 is 18.5 Å². The first-order chi connectivity index (χ1) is 10.9. The van der Waals surface area contributed by atoms with Gasteiger partial charge in [0.05, 0.1) is 19.0 Å². The summed E-state index contributed by atoms with van der Waals surface area (Å²) in [5, 5.41) is 9.00. The number of amides is 2. The van der Waals surface area contributed by atoms with E-state index in [0.29, 0.717) is 17.3 Å². The molecule has 0 fully saturated rings. The van der Waals surface area contributed by atoms with E-state index in [0.717, 1.165) is 0 Å². The minimum atomic E-state index is -0.542. The van der Waals surface area contributed by atoms with Crippen LogP contribution in [-0.2, 0) is 16.1 Å². The molecule has 0 aliphatic heterocycles. The van der Waals surface area contributed by atoms with Gasteiger partial charge in [-0.25, -0.2) is 4.39 Å². The normalized spacial score (nSPS) is 11.8. The lowest BCUT2D eigenvalue weighted by Crippen LogP contribution is -2.32. The third-order valence-corrected chi connectivity index (χ3v) is 3.05. The molecule has 23 heavy (non-hydrogen) atoms. The van der Waals surface area contributed by atoms with Gasteiger partial charge in [-0.3, -0.25) is 9.59 Å². The number of aryl methyl sites for hydroxylation is 1. The molecule has 1 heterocycles. The summed E-state index contributed by atoms with van der Waals surface area (Å²) in [7, 11) is 0. The van der Waals surface area contributed by atoms with Gasteiger partial charge in [-0.2, -0.15) is 4.98 Å². The number of carbonyl (C=O) groups excluding carboxylic acids is 2. The molecule has 122 valence electrons. The number of nitrogens with zero attached hydrogens (tertiary/aromatic N) is 2. The smallest absolute Gasteiger partial charge is 0.223 e. The third kappa shape index (κ3) is 5.17. The Balaban J connectivity index is 1.97. The van der Waals surface area contributed by atoms with Gasteiger partial charge in [-0.05, 0) is 17.7 Å². The van der Waals surface area contributed by atoms with E-state index < -0.39 is 6.04 Å². The van der Waals surface area contributed by atoms with E-state index in [4.69, 9.17) is 4.52 Å². The maximum absolute atomic E-state index is 13.0. The zero-order chi connectivity index (χ0) is 16.8. The molecule has 2 rings (SSSR count). The van der Waals surface area contributed by atoms with Crippen LogP contribution in [0.5, 0.6) is 0 Å². The zero-order valence-corrected chi connectivity index (χ0v) is 12.8. The summed E-state index contributed by atoms with van der Waals surface area (Å²) in [5.74, 6) is -0.172. The van der Waals surface area contributed by atoms with Gasteiger partial charge in [-0.15, -0.1) is 0 Å². The van der Waals surface area contributed by atoms with Crippen molar-refractivity contribution in [2.45, 2.75) is 32.9 Å². The number of halogens is 1. The number of hydrogen-bond acceptors (Lipinski definition) is 5. The average molecular weight is 320 g/mol. The van der Waals surface area contributed by atoms with Crippen molar-refractivity contribution in [3.8, 4) is 0 Å². The van der Waals surface area contributed by atoms with E-state index >= 15 is 0 Å². The monoisotopic (exact) mass is 320 g/mol. The topological polar surface area (TPSA) is 97.1 Å². The van der Waals surface area contributed by atoms with Crippen LogP contribution in [0.2, 0.25) is 0 Å². The predicted molar refractivity (Wildman–Crippen MR) is 78.5 cm³/mol. The molecular formula is C15H17FN4O3. The second kappa shape index (κ2) is 7.48. The highest BCUT2D eigenvalue weighted by molar-refractivity contribution is 5.79. The Kier molecular flexibility index (Phi) is 5.40. The average Bonchev–Trinajstić information content (AvgIpc) is 2.90. The summed E-state index contributed by atoms with van der Waals surface area (Å²) in [6.07, 6.45) is 0.0159. The molecule has 0 unspecified atom stereocenters. The van der Waals surface area contributed by atoms with Crippen LogP contribution in [0.4, 0.5) is 4.39 Å². The standard InChI is InChI=1S/C15H17FN4O3/c1-9(21)18-13(11-3-5-12(16)6-4-11)7-15(22)17-8-14-19-10(2)23-20-14/h3-6,13H,7-8H2,1-2H3,(H,17,22)(H,18,21)/t13-/m1/s1. The molecule has 7 nitrogen and oxygen atoms in total. The highest BCUT2D eigenvalue weighted by atomic mass is 19.1. The van der Waals surface area contributed by atoms with Crippen LogP contribution in [0.3, 0.4) is 0 Å². The number of rotatable bonds is 6. The number of nitrogens with one attached hydrogen (secondary N) is 2. The van der Waals surface area contributed by atoms with Gasteiger partial charge in [0.25, 0.3) is 0 Å². The van der Waals surface area contributed by atoms with Gasteiger partial charge in [0.1, 0.15) is 5.82 Å². The van der Waals surface area contributed by atoms with Gasteiger partial charge in [-0.1, -0.05) is 17.3 Å². The Morgan fingerprint density at radius 2 is 2.00 bits per heavy atom. The quantitative estimate of drug-likeness (QED) is 0.838. The van der Waals surface area contributed by atoms with E-state index in [1.807, 2.05) is 0 Å². The van der Waals surface area contributed by atoms with E-state index in [-0.39, 0.29) is 30.6 Å². The van der Waals surface area contributed by atoms with Crippen LogP contribution in [-0.4, -0.2) is 22.0 Å². The largest absolute Gasteiger partial charge is 0.349 e. The van der Waals surface area contributed by atoms with Crippen molar-refractivity contribution >= 4 is 11.8 Å². The second-order valence-electron chi connectivity index (χ2n) is 5.02. The van der Waals surface area contributed by atoms with E-state index in [1.165, 1.54) is 31.2 Å². The van der Waals surface area contributed by atoms with Crippen molar-refractivity contribution in [3.05, 3.63) is 47.4 Å². The molecule has 0 spiro atoms. The molecule has 1 atom stereocenters. The lowest BCUT2D eigenvalue weighted by molar-refractivity contribution is -0.123. The summed E-state index contributed by atoms with van der Waals surface area (Å²) in [6.45, 7) is 3.14. The number of hydrogen-bond donors (Lipinski definition) is 2. The predicted octanol–water partition coefficient (Wildman–Crippen LogP) is 1.40. The molecule has 0 saturated carbocycles. The van der Waals surface area contributed by atoms with Crippen LogP contribution in [0, 0.1) is 12.7 Å². The van der Waals surface area contributed by atoms with Gasteiger partial charge in [0.15, 0.2) is 5.82 Å². The van der Waals surface area contributed by atoms with Gasteiger partial charge in [0, 0.05) is 13.8 Å². The van der Waals surface area contributed by atoms with Crippen molar-refractivity contribution in [3.63, 3.8) is 0 Å².